The molecule has 6 nitrogen and oxygen atoms in total. The van der Waals surface area contributed by atoms with Crippen LogP contribution in [0.1, 0.15) is 29.8 Å². The summed E-state index contributed by atoms with van der Waals surface area (Å²) in [5, 5.41) is 0. The summed E-state index contributed by atoms with van der Waals surface area (Å²) in [6.07, 6.45) is 0. The number of benzene rings is 2. The van der Waals surface area contributed by atoms with Gasteiger partial charge in [0, 0.05) is 17.2 Å². The van der Waals surface area contributed by atoms with E-state index in [1.165, 1.54) is 0 Å². The van der Waals surface area contributed by atoms with Crippen molar-refractivity contribution in [1.29, 1.82) is 0 Å². The SMILES string of the molecule is COc1ccc(C(=O)c2ccccc2NS(=O)(=O)NC(C)C)cc1. The van der Waals surface area contributed by atoms with Crippen LogP contribution in [0, 0.1) is 0 Å². The Hall–Kier alpha value is -2.38. The molecule has 0 aliphatic carbocycles. The van der Waals surface area contributed by atoms with Crippen LogP contribution in [0.2, 0.25) is 0 Å². The summed E-state index contributed by atoms with van der Waals surface area (Å²) in [5.74, 6) is 0.363. The summed E-state index contributed by atoms with van der Waals surface area (Å²) in [6, 6.07) is 12.9. The van der Waals surface area contributed by atoms with Gasteiger partial charge in [0.1, 0.15) is 5.75 Å². The lowest BCUT2D eigenvalue weighted by atomic mass is 10.0. The molecule has 0 bridgehead atoms. The molecule has 0 radical (unpaired) electrons. The van der Waals surface area contributed by atoms with E-state index in [0.717, 1.165) is 0 Å². The Kier molecular flexibility index (Phi) is 5.58. The Bertz CT molecular complexity index is 815. The largest absolute Gasteiger partial charge is 0.497 e. The third-order valence-corrected chi connectivity index (χ3v) is 4.43. The smallest absolute Gasteiger partial charge is 0.299 e. The van der Waals surface area contributed by atoms with Gasteiger partial charge in [-0.25, -0.2) is 0 Å². The number of anilines is 1. The van der Waals surface area contributed by atoms with Crippen molar-refractivity contribution < 1.29 is 17.9 Å². The number of hydrogen-bond acceptors (Lipinski definition) is 4. The maximum absolute atomic E-state index is 12.7. The Balaban J connectivity index is 2.32. The van der Waals surface area contributed by atoms with Crippen molar-refractivity contribution in [3.63, 3.8) is 0 Å². The number of ether oxygens (including phenoxy) is 1. The molecular formula is C17H20N2O4S. The minimum absolute atomic E-state index is 0.228. The first-order valence-electron chi connectivity index (χ1n) is 7.40. The van der Waals surface area contributed by atoms with Gasteiger partial charge in [-0.1, -0.05) is 12.1 Å². The molecule has 2 N–H and O–H groups in total. The highest BCUT2D eigenvalue weighted by molar-refractivity contribution is 7.90. The lowest BCUT2D eigenvalue weighted by molar-refractivity contribution is 0.103. The topological polar surface area (TPSA) is 84.5 Å². The molecule has 2 aromatic carbocycles. The molecule has 2 aromatic rings. The fraction of sp³-hybridized carbons (Fsp3) is 0.235. The third-order valence-electron chi connectivity index (χ3n) is 3.16. The number of carbonyl (C=O) groups is 1. The van der Waals surface area contributed by atoms with Crippen molar-refractivity contribution >= 4 is 21.7 Å². The molecule has 0 spiro atoms. The van der Waals surface area contributed by atoms with Crippen LogP contribution in [-0.2, 0) is 10.2 Å². The van der Waals surface area contributed by atoms with Crippen LogP contribution in [0.3, 0.4) is 0 Å². The summed E-state index contributed by atoms with van der Waals surface area (Å²) >= 11 is 0. The fourth-order valence-electron chi connectivity index (χ4n) is 2.15. The van der Waals surface area contributed by atoms with E-state index in [1.807, 2.05) is 0 Å². The second kappa shape index (κ2) is 7.46. The molecule has 0 heterocycles. The molecule has 2 rings (SSSR count). The van der Waals surface area contributed by atoms with E-state index < -0.39 is 10.2 Å². The van der Waals surface area contributed by atoms with Gasteiger partial charge >= 0.3 is 0 Å². The van der Waals surface area contributed by atoms with Gasteiger partial charge in [-0.2, -0.15) is 13.1 Å². The number of methoxy groups -OCH3 is 1. The molecule has 0 aliphatic heterocycles. The maximum Gasteiger partial charge on any atom is 0.299 e. The Morgan fingerprint density at radius 2 is 1.67 bits per heavy atom. The molecule has 0 fully saturated rings. The minimum atomic E-state index is -3.75. The highest BCUT2D eigenvalue weighted by atomic mass is 32.2. The van der Waals surface area contributed by atoms with Crippen LogP contribution in [0.25, 0.3) is 0 Å². The number of rotatable bonds is 7. The van der Waals surface area contributed by atoms with E-state index in [0.29, 0.717) is 11.3 Å². The second-order valence-electron chi connectivity index (χ2n) is 5.48. The van der Waals surface area contributed by atoms with Gasteiger partial charge in [0.2, 0.25) is 0 Å². The predicted molar refractivity (Wildman–Crippen MR) is 93.7 cm³/mol. The third kappa shape index (κ3) is 4.56. The average molecular weight is 348 g/mol. The summed E-state index contributed by atoms with van der Waals surface area (Å²) in [7, 11) is -2.21. The van der Waals surface area contributed by atoms with Gasteiger partial charge in [0.15, 0.2) is 5.78 Å². The van der Waals surface area contributed by atoms with Crippen molar-refractivity contribution in [2.24, 2.45) is 0 Å². The Labute approximate surface area is 142 Å². The van der Waals surface area contributed by atoms with Crippen LogP contribution in [-0.4, -0.2) is 27.4 Å². The van der Waals surface area contributed by atoms with E-state index in [1.54, 1.807) is 69.5 Å². The molecule has 0 saturated carbocycles. The zero-order valence-corrected chi connectivity index (χ0v) is 14.6. The van der Waals surface area contributed by atoms with Crippen LogP contribution >= 0.6 is 0 Å². The number of hydrogen-bond donors (Lipinski definition) is 2. The molecule has 128 valence electrons. The quantitative estimate of drug-likeness (QED) is 0.753. The van der Waals surface area contributed by atoms with Gasteiger partial charge in [-0.3, -0.25) is 9.52 Å². The highest BCUT2D eigenvalue weighted by Gasteiger charge is 2.18. The zero-order valence-electron chi connectivity index (χ0n) is 13.7. The van der Waals surface area contributed by atoms with E-state index in [2.05, 4.69) is 9.44 Å². The molecule has 0 amide bonds. The molecule has 0 unspecified atom stereocenters. The fourth-order valence-corrected chi connectivity index (χ4v) is 3.30. The van der Waals surface area contributed by atoms with Gasteiger partial charge < -0.3 is 4.74 Å². The van der Waals surface area contributed by atoms with Gasteiger partial charge in [0.25, 0.3) is 10.2 Å². The van der Waals surface area contributed by atoms with Gasteiger partial charge in [-0.05, 0) is 50.2 Å². The first-order valence-corrected chi connectivity index (χ1v) is 8.88. The number of ketones is 1. The number of nitrogens with one attached hydrogen (secondary N) is 2. The predicted octanol–water partition coefficient (Wildman–Crippen LogP) is 2.58. The van der Waals surface area contributed by atoms with Crippen molar-refractivity contribution in [3.8, 4) is 5.75 Å². The first kappa shape index (κ1) is 18.0. The van der Waals surface area contributed by atoms with Gasteiger partial charge in [0.05, 0.1) is 12.8 Å². The second-order valence-corrected chi connectivity index (χ2v) is 6.93. The van der Waals surface area contributed by atoms with Crippen LogP contribution in [0.4, 0.5) is 5.69 Å². The molecule has 0 saturated heterocycles. The van der Waals surface area contributed by atoms with Crippen molar-refractivity contribution in [2.45, 2.75) is 19.9 Å². The van der Waals surface area contributed by atoms with E-state index in [4.69, 9.17) is 4.74 Å². The lowest BCUT2D eigenvalue weighted by Gasteiger charge is -2.14. The monoisotopic (exact) mass is 348 g/mol. The Morgan fingerprint density at radius 1 is 1.04 bits per heavy atom. The molecule has 0 aromatic heterocycles. The maximum atomic E-state index is 12.7. The highest BCUT2D eigenvalue weighted by Crippen LogP contribution is 2.21. The zero-order chi connectivity index (χ0) is 17.7. The summed E-state index contributed by atoms with van der Waals surface area (Å²) in [4.78, 5) is 12.7. The van der Waals surface area contributed by atoms with E-state index >= 15 is 0 Å². The molecule has 24 heavy (non-hydrogen) atoms. The average Bonchev–Trinajstić information content (AvgIpc) is 2.53. The lowest BCUT2D eigenvalue weighted by Crippen LogP contribution is -2.35. The van der Waals surface area contributed by atoms with E-state index in [9.17, 15) is 13.2 Å². The van der Waals surface area contributed by atoms with Crippen LogP contribution in [0.5, 0.6) is 5.75 Å². The van der Waals surface area contributed by atoms with Crippen molar-refractivity contribution in [2.75, 3.05) is 11.8 Å². The summed E-state index contributed by atoms with van der Waals surface area (Å²) in [5.41, 5.74) is 0.947. The molecule has 7 heteroatoms. The number of carbonyl (C=O) groups excluding carboxylic acids is 1. The van der Waals surface area contributed by atoms with Gasteiger partial charge in [-0.15, -0.1) is 0 Å². The molecule has 0 aliphatic rings. The first-order chi connectivity index (χ1) is 11.3. The Morgan fingerprint density at radius 3 is 2.25 bits per heavy atom. The normalized spacial score (nSPS) is 11.3. The molecule has 0 atom stereocenters. The summed E-state index contributed by atoms with van der Waals surface area (Å²) < 4.78 is 34.0. The minimum Gasteiger partial charge on any atom is -0.497 e. The van der Waals surface area contributed by atoms with E-state index in [-0.39, 0.29) is 23.1 Å². The summed E-state index contributed by atoms with van der Waals surface area (Å²) in [6.45, 7) is 3.43. The van der Waals surface area contributed by atoms with Crippen LogP contribution in [0.15, 0.2) is 48.5 Å². The molecular weight excluding hydrogens is 328 g/mol. The number of para-hydroxylation sites is 1. The van der Waals surface area contributed by atoms with Crippen molar-refractivity contribution in [1.82, 2.24) is 4.72 Å². The van der Waals surface area contributed by atoms with Crippen molar-refractivity contribution in [3.05, 3.63) is 59.7 Å². The standard InChI is InChI=1S/C17H20N2O4S/c1-12(2)18-24(21,22)19-16-7-5-4-6-15(16)17(20)13-8-10-14(23-3)11-9-13/h4-12,18-19H,1-3H3. The van der Waals surface area contributed by atoms with Crippen LogP contribution < -0.4 is 14.2 Å².